The van der Waals surface area contributed by atoms with Gasteiger partial charge in [-0.05, 0) is 0 Å². The van der Waals surface area contributed by atoms with Crippen LogP contribution in [0.2, 0.25) is 11.5 Å². The third-order valence-electron chi connectivity index (χ3n) is 0. The van der Waals surface area contributed by atoms with Crippen LogP contribution in [0.5, 0.6) is 0 Å². The van der Waals surface area contributed by atoms with Crippen molar-refractivity contribution in [1.29, 1.82) is 0 Å². The van der Waals surface area contributed by atoms with Crippen LogP contribution in [0.15, 0.2) is 0 Å². The predicted molar refractivity (Wildman–Crippen MR) is 24.7 cm³/mol. The summed E-state index contributed by atoms with van der Waals surface area (Å²) in [7, 11) is 0. The van der Waals surface area contributed by atoms with Crippen molar-refractivity contribution >= 4 is 27.8 Å². The minimum atomic E-state index is 0. The van der Waals surface area contributed by atoms with Crippen molar-refractivity contribution in [2.75, 3.05) is 0 Å². The Kier molecular flexibility index (Phi) is 20.3. The second-order valence-electron chi connectivity index (χ2n) is 0.500. The van der Waals surface area contributed by atoms with E-state index in [0.717, 1.165) is 0 Å². The molecule has 0 saturated heterocycles. The van der Waals surface area contributed by atoms with E-state index in [0.29, 0.717) is 15.4 Å². The molecule has 0 aromatic rings. The number of halogens is 1. The van der Waals surface area contributed by atoms with Crippen molar-refractivity contribution in [2.45, 2.75) is 11.5 Å². The Morgan fingerprint density at radius 1 is 1.25 bits per heavy atom. The molecule has 0 fully saturated rings. The molecule has 0 nitrogen and oxygen atoms in total. The molecule has 0 spiro atoms. The summed E-state index contributed by atoms with van der Waals surface area (Å²) in [5, 5.41) is 0. The molecule has 0 bridgehead atoms. The first kappa shape index (κ1) is 8.85. The molecule has 0 unspecified atom stereocenters. The SMILES string of the molecule is Cl.[CH3][Ge][CH3]. The van der Waals surface area contributed by atoms with Crippen LogP contribution in [0, 0.1) is 0 Å². The van der Waals surface area contributed by atoms with Gasteiger partial charge in [-0.1, -0.05) is 0 Å². The van der Waals surface area contributed by atoms with Crippen LogP contribution in [0.3, 0.4) is 0 Å². The standard InChI is InChI=1S/C2H6Ge.ClH/c1-3-2;/h1-2H3;1H. The predicted octanol–water partition coefficient (Wildman–Crippen LogP) is 1.21. The first-order valence-electron chi connectivity index (χ1n) is 1.00. The van der Waals surface area contributed by atoms with Gasteiger partial charge in [0.25, 0.3) is 0 Å². The monoisotopic (exact) mass is 140 g/mol. The van der Waals surface area contributed by atoms with Gasteiger partial charge >= 0.3 is 26.9 Å². The molecular formula is C2H7ClGe. The average Bonchev–Trinajstić information content (AvgIpc) is 0.918. The number of rotatable bonds is 0. The maximum absolute atomic E-state index is 2.25. The summed E-state index contributed by atoms with van der Waals surface area (Å²) >= 11 is 0.500. The molecule has 0 aromatic carbocycles. The van der Waals surface area contributed by atoms with Gasteiger partial charge in [0, 0.05) is 0 Å². The van der Waals surface area contributed by atoms with E-state index in [4.69, 9.17) is 0 Å². The normalized spacial score (nSPS) is 4.50. The summed E-state index contributed by atoms with van der Waals surface area (Å²) < 4.78 is 0. The molecule has 0 amide bonds. The van der Waals surface area contributed by atoms with Crippen LogP contribution >= 0.6 is 12.4 Å². The molecule has 2 heteroatoms. The average molecular weight is 139 g/mol. The van der Waals surface area contributed by atoms with Crippen LogP contribution in [0.1, 0.15) is 0 Å². The van der Waals surface area contributed by atoms with E-state index < -0.39 is 0 Å². The Labute approximate surface area is 39.9 Å². The summed E-state index contributed by atoms with van der Waals surface area (Å²) in [4.78, 5) is 0. The molecule has 0 aliphatic rings. The molecule has 0 N–H and O–H groups in total. The number of hydrogen-bond donors (Lipinski definition) is 0. The van der Waals surface area contributed by atoms with Gasteiger partial charge in [-0.3, -0.25) is 0 Å². The van der Waals surface area contributed by atoms with Gasteiger partial charge in [0.05, 0.1) is 0 Å². The molecule has 26 valence electrons. The van der Waals surface area contributed by atoms with Crippen LogP contribution in [0.4, 0.5) is 0 Å². The summed E-state index contributed by atoms with van der Waals surface area (Å²) in [6.45, 7) is 0. The molecule has 0 atom stereocenters. The van der Waals surface area contributed by atoms with E-state index in [1.165, 1.54) is 0 Å². The van der Waals surface area contributed by atoms with Crippen molar-refractivity contribution in [1.82, 2.24) is 0 Å². The van der Waals surface area contributed by atoms with Crippen LogP contribution in [-0.4, -0.2) is 15.4 Å². The molecule has 0 aliphatic heterocycles. The second-order valence-corrected chi connectivity index (χ2v) is 2.60. The third kappa shape index (κ3) is 13.7. The summed E-state index contributed by atoms with van der Waals surface area (Å²) in [6, 6.07) is 0. The number of hydrogen-bond acceptors (Lipinski definition) is 0. The van der Waals surface area contributed by atoms with E-state index >= 15 is 0 Å². The Morgan fingerprint density at radius 2 is 1.25 bits per heavy atom. The quantitative estimate of drug-likeness (QED) is 0.442. The van der Waals surface area contributed by atoms with Gasteiger partial charge in [0.2, 0.25) is 0 Å². The summed E-state index contributed by atoms with van der Waals surface area (Å²) in [5.41, 5.74) is 0. The molecule has 2 radical (unpaired) electrons. The van der Waals surface area contributed by atoms with Crippen molar-refractivity contribution in [3.8, 4) is 0 Å². The van der Waals surface area contributed by atoms with Gasteiger partial charge in [-0.2, -0.15) is 0 Å². The first-order chi connectivity index (χ1) is 1.41. The van der Waals surface area contributed by atoms with Crippen molar-refractivity contribution in [3.63, 3.8) is 0 Å². The second kappa shape index (κ2) is 9.16. The minimum absolute atomic E-state index is 0. The van der Waals surface area contributed by atoms with Gasteiger partial charge < -0.3 is 0 Å². The van der Waals surface area contributed by atoms with E-state index in [-0.39, 0.29) is 12.4 Å². The van der Waals surface area contributed by atoms with Gasteiger partial charge in [0.15, 0.2) is 0 Å². The zero-order valence-electron chi connectivity index (χ0n) is 2.91. The van der Waals surface area contributed by atoms with Crippen LogP contribution < -0.4 is 0 Å². The molecular weight excluding hydrogens is 132 g/mol. The Hall–Kier alpha value is 0.833. The molecule has 0 aromatic heterocycles. The fraction of sp³-hybridized carbons (Fsp3) is 1.00. The third-order valence-corrected chi connectivity index (χ3v) is 0. The fourth-order valence-electron chi connectivity index (χ4n) is 0. The summed E-state index contributed by atoms with van der Waals surface area (Å²) in [5.74, 6) is 4.50. The Morgan fingerprint density at radius 3 is 1.25 bits per heavy atom. The van der Waals surface area contributed by atoms with Crippen molar-refractivity contribution in [3.05, 3.63) is 0 Å². The molecule has 4 heavy (non-hydrogen) atoms. The summed E-state index contributed by atoms with van der Waals surface area (Å²) in [6.07, 6.45) is 0. The van der Waals surface area contributed by atoms with Crippen molar-refractivity contribution in [2.24, 2.45) is 0 Å². The molecule has 0 heterocycles. The topological polar surface area (TPSA) is 0 Å². The Balaban J connectivity index is 0. The molecule has 0 rings (SSSR count). The van der Waals surface area contributed by atoms with Gasteiger partial charge in [0.1, 0.15) is 0 Å². The van der Waals surface area contributed by atoms with E-state index in [9.17, 15) is 0 Å². The van der Waals surface area contributed by atoms with Gasteiger partial charge in [-0.25, -0.2) is 0 Å². The van der Waals surface area contributed by atoms with Crippen molar-refractivity contribution < 1.29 is 0 Å². The van der Waals surface area contributed by atoms with Gasteiger partial charge in [-0.15, -0.1) is 12.4 Å². The maximum atomic E-state index is 2.25. The Bertz CT molecular complexity index is 6.00. The van der Waals surface area contributed by atoms with Crippen LogP contribution in [0.25, 0.3) is 0 Å². The van der Waals surface area contributed by atoms with E-state index in [1.54, 1.807) is 0 Å². The zero-order chi connectivity index (χ0) is 2.71. The van der Waals surface area contributed by atoms with E-state index in [1.807, 2.05) is 0 Å². The zero-order valence-corrected chi connectivity index (χ0v) is 5.82. The molecule has 0 aliphatic carbocycles. The van der Waals surface area contributed by atoms with Crippen LogP contribution in [-0.2, 0) is 0 Å². The fourth-order valence-corrected chi connectivity index (χ4v) is 0. The molecule has 0 saturated carbocycles. The van der Waals surface area contributed by atoms with E-state index in [2.05, 4.69) is 11.5 Å². The first-order valence-corrected chi connectivity index (χ1v) is 5.20.